The number of aryl methyl sites for hydroxylation is 1. The van der Waals surface area contributed by atoms with Crippen LogP contribution in [0.25, 0.3) is 0 Å². The lowest BCUT2D eigenvalue weighted by Crippen LogP contribution is -2.09. The minimum atomic E-state index is 0.237. The molecule has 0 bridgehead atoms. The molecule has 0 atom stereocenters. The van der Waals surface area contributed by atoms with Crippen LogP contribution in [0.15, 0.2) is 12.1 Å². The fraction of sp³-hybridized carbons (Fsp3) is 0.538. The highest BCUT2D eigenvalue weighted by molar-refractivity contribution is 6.34. The van der Waals surface area contributed by atoms with E-state index in [9.17, 15) is 0 Å². The van der Waals surface area contributed by atoms with Crippen molar-refractivity contribution in [2.24, 2.45) is 5.41 Å². The smallest absolute Gasteiger partial charge is 0.0441 e. The van der Waals surface area contributed by atoms with Crippen molar-refractivity contribution in [3.05, 3.63) is 33.3 Å². The van der Waals surface area contributed by atoms with Gasteiger partial charge in [-0.2, -0.15) is 0 Å². The normalized spacial score (nSPS) is 11.9. The molecule has 0 unspecified atom stereocenters. The van der Waals surface area contributed by atoms with Crippen LogP contribution in [0.4, 0.5) is 0 Å². The van der Waals surface area contributed by atoms with Crippen molar-refractivity contribution in [2.75, 3.05) is 0 Å². The SMILES string of the molecule is CCc1cc(Cl)c(CC(C)(C)C)cc1Cl. The maximum atomic E-state index is 6.23. The van der Waals surface area contributed by atoms with Crippen LogP contribution >= 0.6 is 23.2 Å². The zero-order valence-corrected chi connectivity index (χ0v) is 11.3. The molecule has 0 saturated heterocycles. The maximum Gasteiger partial charge on any atom is 0.0441 e. The highest BCUT2D eigenvalue weighted by atomic mass is 35.5. The lowest BCUT2D eigenvalue weighted by atomic mass is 9.88. The van der Waals surface area contributed by atoms with Gasteiger partial charge >= 0.3 is 0 Å². The fourth-order valence-corrected chi connectivity index (χ4v) is 2.18. The van der Waals surface area contributed by atoms with E-state index in [4.69, 9.17) is 23.2 Å². The second kappa shape index (κ2) is 4.76. The molecule has 0 aromatic heterocycles. The summed E-state index contributed by atoms with van der Waals surface area (Å²) < 4.78 is 0. The average molecular weight is 245 g/mol. The molecule has 0 radical (unpaired) electrons. The minimum Gasteiger partial charge on any atom is -0.0840 e. The van der Waals surface area contributed by atoms with E-state index in [0.717, 1.165) is 34.0 Å². The first-order valence-electron chi connectivity index (χ1n) is 5.30. The summed E-state index contributed by atoms with van der Waals surface area (Å²) in [5.74, 6) is 0. The Hall–Kier alpha value is -0.200. The molecule has 0 saturated carbocycles. The van der Waals surface area contributed by atoms with Gasteiger partial charge in [-0.1, -0.05) is 50.9 Å². The van der Waals surface area contributed by atoms with Gasteiger partial charge in [0.2, 0.25) is 0 Å². The molecule has 1 aromatic carbocycles. The molecule has 0 heterocycles. The molecule has 0 nitrogen and oxygen atoms in total. The summed E-state index contributed by atoms with van der Waals surface area (Å²) in [6, 6.07) is 4.00. The van der Waals surface area contributed by atoms with Gasteiger partial charge in [-0.25, -0.2) is 0 Å². The lowest BCUT2D eigenvalue weighted by molar-refractivity contribution is 0.411. The number of hydrogen-bond donors (Lipinski definition) is 0. The van der Waals surface area contributed by atoms with Gasteiger partial charge in [0.15, 0.2) is 0 Å². The molecule has 15 heavy (non-hydrogen) atoms. The summed E-state index contributed by atoms with van der Waals surface area (Å²) in [5.41, 5.74) is 2.51. The van der Waals surface area contributed by atoms with Crippen LogP contribution in [0.3, 0.4) is 0 Å². The van der Waals surface area contributed by atoms with Crippen molar-refractivity contribution >= 4 is 23.2 Å². The monoisotopic (exact) mass is 244 g/mol. The first kappa shape index (κ1) is 12.9. The van der Waals surface area contributed by atoms with Crippen molar-refractivity contribution in [1.29, 1.82) is 0 Å². The van der Waals surface area contributed by atoms with E-state index in [1.165, 1.54) is 0 Å². The minimum absolute atomic E-state index is 0.237. The zero-order valence-electron chi connectivity index (χ0n) is 9.82. The van der Waals surface area contributed by atoms with Crippen molar-refractivity contribution in [1.82, 2.24) is 0 Å². The standard InChI is InChI=1S/C13H18Cl2/c1-5-9-6-12(15)10(7-11(9)14)8-13(2,3)4/h6-7H,5,8H2,1-4H3. The maximum absolute atomic E-state index is 6.23. The summed E-state index contributed by atoms with van der Waals surface area (Å²) in [6.07, 6.45) is 1.88. The van der Waals surface area contributed by atoms with Gasteiger partial charge in [-0.15, -0.1) is 0 Å². The number of benzene rings is 1. The van der Waals surface area contributed by atoms with Crippen LogP contribution in [0.2, 0.25) is 10.0 Å². The van der Waals surface area contributed by atoms with E-state index < -0.39 is 0 Å². The molecular formula is C13H18Cl2. The first-order valence-corrected chi connectivity index (χ1v) is 6.06. The summed E-state index contributed by atoms with van der Waals surface area (Å²) in [7, 11) is 0. The van der Waals surface area contributed by atoms with Gasteiger partial charge < -0.3 is 0 Å². The molecule has 0 fully saturated rings. The van der Waals surface area contributed by atoms with E-state index in [1.54, 1.807) is 0 Å². The van der Waals surface area contributed by atoms with Gasteiger partial charge in [0, 0.05) is 10.0 Å². The Labute approximate surface area is 103 Å². The Morgan fingerprint density at radius 1 is 1.00 bits per heavy atom. The molecule has 0 aliphatic heterocycles. The summed E-state index contributed by atoms with van der Waals surface area (Å²) >= 11 is 12.4. The van der Waals surface area contributed by atoms with E-state index in [-0.39, 0.29) is 5.41 Å². The highest BCUT2D eigenvalue weighted by Gasteiger charge is 2.15. The second-order valence-electron chi connectivity index (χ2n) is 5.13. The molecule has 0 aliphatic carbocycles. The number of halogens is 2. The van der Waals surface area contributed by atoms with Gasteiger partial charge in [0.05, 0.1) is 0 Å². The van der Waals surface area contributed by atoms with Crippen LogP contribution in [0.5, 0.6) is 0 Å². The predicted octanol–water partition coefficient (Wildman–Crippen LogP) is 5.14. The summed E-state index contributed by atoms with van der Waals surface area (Å²) in [5, 5.41) is 1.67. The van der Waals surface area contributed by atoms with Crippen molar-refractivity contribution in [3.8, 4) is 0 Å². The quantitative estimate of drug-likeness (QED) is 0.676. The van der Waals surface area contributed by atoms with Gasteiger partial charge in [0.1, 0.15) is 0 Å². The molecule has 2 heteroatoms. The second-order valence-corrected chi connectivity index (χ2v) is 5.94. The highest BCUT2D eigenvalue weighted by Crippen LogP contribution is 2.30. The van der Waals surface area contributed by atoms with E-state index in [1.807, 2.05) is 12.1 Å². The van der Waals surface area contributed by atoms with E-state index >= 15 is 0 Å². The molecular weight excluding hydrogens is 227 g/mol. The van der Waals surface area contributed by atoms with Crippen LogP contribution in [0.1, 0.15) is 38.8 Å². The predicted molar refractivity (Wildman–Crippen MR) is 69.0 cm³/mol. The molecule has 84 valence electrons. The van der Waals surface area contributed by atoms with E-state index in [0.29, 0.717) is 0 Å². The van der Waals surface area contributed by atoms with Gasteiger partial charge in [0.25, 0.3) is 0 Å². The third-order valence-electron chi connectivity index (χ3n) is 2.32. The molecule has 0 aliphatic rings. The average Bonchev–Trinajstić information content (AvgIpc) is 2.08. The zero-order chi connectivity index (χ0) is 11.6. The third kappa shape index (κ3) is 3.70. The van der Waals surface area contributed by atoms with Crippen LogP contribution in [0, 0.1) is 5.41 Å². The number of rotatable bonds is 2. The fourth-order valence-electron chi connectivity index (χ4n) is 1.61. The number of hydrogen-bond acceptors (Lipinski definition) is 0. The molecule has 0 spiro atoms. The van der Waals surface area contributed by atoms with Crippen LogP contribution in [-0.4, -0.2) is 0 Å². The Bertz CT molecular complexity index is 348. The summed E-state index contributed by atoms with van der Waals surface area (Å²) in [4.78, 5) is 0. The molecule has 0 N–H and O–H groups in total. The Kier molecular flexibility index (Phi) is 4.08. The molecule has 1 aromatic rings. The van der Waals surface area contributed by atoms with Crippen LogP contribution < -0.4 is 0 Å². The van der Waals surface area contributed by atoms with E-state index in [2.05, 4.69) is 27.7 Å². The third-order valence-corrected chi connectivity index (χ3v) is 3.02. The molecule has 1 rings (SSSR count). The molecule has 0 amide bonds. The van der Waals surface area contributed by atoms with Crippen molar-refractivity contribution in [2.45, 2.75) is 40.5 Å². The first-order chi connectivity index (χ1) is 6.83. The lowest BCUT2D eigenvalue weighted by Gasteiger charge is -2.19. The van der Waals surface area contributed by atoms with Gasteiger partial charge in [-0.3, -0.25) is 0 Å². The largest absolute Gasteiger partial charge is 0.0840 e. The van der Waals surface area contributed by atoms with Crippen LogP contribution in [-0.2, 0) is 12.8 Å². The Balaban J connectivity index is 3.05. The van der Waals surface area contributed by atoms with Crippen molar-refractivity contribution < 1.29 is 0 Å². The van der Waals surface area contributed by atoms with Gasteiger partial charge in [-0.05, 0) is 41.5 Å². The Morgan fingerprint density at radius 2 is 1.47 bits per heavy atom. The Morgan fingerprint density at radius 3 is 1.93 bits per heavy atom. The topological polar surface area (TPSA) is 0 Å². The van der Waals surface area contributed by atoms with Crippen molar-refractivity contribution in [3.63, 3.8) is 0 Å². The summed E-state index contributed by atoms with van der Waals surface area (Å²) in [6.45, 7) is 8.68.